The molecule has 1 rings (SSSR count). The van der Waals surface area contributed by atoms with E-state index in [0.29, 0.717) is 0 Å². The molecule has 0 aromatic rings. The minimum atomic E-state index is 0.765. The molecule has 0 heterocycles. The molecule has 1 atom stereocenters. The van der Waals surface area contributed by atoms with E-state index in [2.05, 4.69) is 26.1 Å². The Hall–Kier alpha value is -0.0800. The van der Waals surface area contributed by atoms with Crippen LogP contribution in [0.2, 0.25) is 0 Å². The molecular formula is C13H27NO. The maximum atomic E-state index is 5.56. The van der Waals surface area contributed by atoms with Crippen LogP contribution in [0, 0.1) is 11.8 Å². The van der Waals surface area contributed by atoms with E-state index in [4.69, 9.17) is 4.74 Å². The summed E-state index contributed by atoms with van der Waals surface area (Å²) in [7, 11) is 0. The summed E-state index contributed by atoms with van der Waals surface area (Å²) in [5.41, 5.74) is 0. The van der Waals surface area contributed by atoms with Crippen LogP contribution >= 0.6 is 0 Å². The first kappa shape index (κ1) is 13.0. The molecule has 0 bridgehead atoms. The van der Waals surface area contributed by atoms with Crippen LogP contribution in [-0.2, 0) is 4.74 Å². The van der Waals surface area contributed by atoms with Gasteiger partial charge in [-0.25, -0.2) is 0 Å². The Morgan fingerprint density at radius 1 is 1.27 bits per heavy atom. The van der Waals surface area contributed by atoms with Gasteiger partial charge in [0.15, 0.2) is 0 Å². The fourth-order valence-electron chi connectivity index (χ4n) is 1.76. The largest absolute Gasteiger partial charge is 0.381 e. The van der Waals surface area contributed by atoms with Crippen molar-refractivity contribution in [2.45, 2.75) is 52.5 Å². The second kappa shape index (κ2) is 7.24. The van der Waals surface area contributed by atoms with E-state index in [1.165, 1.54) is 25.8 Å². The highest BCUT2D eigenvalue weighted by Crippen LogP contribution is 2.21. The molecule has 1 fully saturated rings. The molecular weight excluding hydrogens is 186 g/mol. The van der Waals surface area contributed by atoms with Gasteiger partial charge in [-0.15, -0.1) is 0 Å². The van der Waals surface area contributed by atoms with E-state index in [1.54, 1.807) is 0 Å². The Bertz CT molecular complexity index is 155. The summed E-state index contributed by atoms with van der Waals surface area (Å²) in [5, 5.41) is 3.62. The lowest BCUT2D eigenvalue weighted by atomic mass is 9.93. The van der Waals surface area contributed by atoms with Gasteiger partial charge in [0, 0.05) is 19.3 Å². The second-order valence-corrected chi connectivity index (χ2v) is 5.09. The van der Waals surface area contributed by atoms with Crippen molar-refractivity contribution in [3.8, 4) is 0 Å². The third-order valence-corrected chi connectivity index (χ3v) is 3.17. The molecule has 90 valence electrons. The predicted molar refractivity (Wildman–Crippen MR) is 65.1 cm³/mol. The van der Waals surface area contributed by atoms with Crippen LogP contribution in [0.4, 0.5) is 0 Å². The van der Waals surface area contributed by atoms with Crippen molar-refractivity contribution in [2.24, 2.45) is 11.8 Å². The molecule has 0 aromatic carbocycles. The first-order valence-corrected chi connectivity index (χ1v) is 6.55. The van der Waals surface area contributed by atoms with Crippen molar-refractivity contribution in [2.75, 3.05) is 19.8 Å². The van der Waals surface area contributed by atoms with Crippen molar-refractivity contribution < 1.29 is 4.74 Å². The summed E-state index contributed by atoms with van der Waals surface area (Å²) < 4.78 is 5.56. The average molecular weight is 213 g/mol. The Labute approximate surface area is 94.8 Å². The highest BCUT2D eigenvalue weighted by molar-refractivity contribution is 4.82. The van der Waals surface area contributed by atoms with Crippen LogP contribution in [-0.4, -0.2) is 25.8 Å². The van der Waals surface area contributed by atoms with Gasteiger partial charge in [-0.2, -0.15) is 0 Å². The van der Waals surface area contributed by atoms with Gasteiger partial charge in [0.1, 0.15) is 0 Å². The molecule has 1 aliphatic carbocycles. The lowest BCUT2D eigenvalue weighted by Crippen LogP contribution is -2.28. The fraction of sp³-hybridized carbons (Fsp3) is 1.00. The lowest BCUT2D eigenvalue weighted by Gasteiger charge is -2.21. The monoisotopic (exact) mass is 213 g/mol. The standard InChI is InChI=1S/C13H27NO/c1-4-8-15-9-7-12(11(2)3)10-14-13-5-6-13/h11-14H,4-10H2,1-3H3. The summed E-state index contributed by atoms with van der Waals surface area (Å²) in [6, 6.07) is 0.836. The first-order chi connectivity index (χ1) is 7.24. The molecule has 0 spiro atoms. The van der Waals surface area contributed by atoms with Crippen LogP contribution in [0.5, 0.6) is 0 Å². The third-order valence-electron chi connectivity index (χ3n) is 3.17. The van der Waals surface area contributed by atoms with E-state index >= 15 is 0 Å². The molecule has 2 nitrogen and oxygen atoms in total. The van der Waals surface area contributed by atoms with Crippen LogP contribution in [0.25, 0.3) is 0 Å². The van der Waals surface area contributed by atoms with Gasteiger partial charge >= 0.3 is 0 Å². The molecule has 0 aromatic heterocycles. The maximum Gasteiger partial charge on any atom is 0.0469 e. The summed E-state index contributed by atoms with van der Waals surface area (Å²) in [5.74, 6) is 1.55. The number of hydrogen-bond acceptors (Lipinski definition) is 2. The number of nitrogens with one attached hydrogen (secondary N) is 1. The molecule has 0 saturated heterocycles. The topological polar surface area (TPSA) is 21.3 Å². The smallest absolute Gasteiger partial charge is 0.0469 e. The highest BCUT2D eigenvalue weighted by atomic mass is 16.5. The molecule has 1 saturated carbocycles. The molecule has 1 aliphatic rings. The van der Waals surface area contributed by atoms with Crippen LogP contribution in [0.1, 0.15) is 46.5 Å². The fourth-order valence-corrected chi connectivity index (χ4v) is 1.76. The quantitative estimate of drug-likeness (QED) is 0.595. The molecule has 2 heteroatoms. The molecule has 1 unspecified atom stereocenters. The third kappa shape index (κ3) is 6.16. The van der Waals surface area contributed by atoms with Gasteiger partial charge in [0.2, 0.25) is 0 Å². The SMILES string of the molecule is CCCOCCC(CNC1CC1)C(C)C. The van der Waals surface area contributed by atoms with Gasteiger partial charge in [0.25, 0.3) is 0 Å². The minimum absolute atomic E-state index is 0.765. The van der Waals surface area contributed by atoms with Crippen molar-refractivity contribution in [3.63, 3.8) is 0 Å². The predicted octanol–water partition coefficient (Wildman–Crippen LogP) is 2.83. The van der Waals surface area contributed by atoms with E-state index in [1.807, 2.05) is 0 Å². The summed E-state index contributed by atoms with van der Waals surface area (Å²) in [6.45, 7) is 9.83. The summed E-state index contributed by atoms with van der Waals surface area (Å²) >= 11 is 0. The average Bonchev–Trinajstić information content (AvgIpc) is 3.00. The number of ether oxygens (including phenoxy) is 1. The Morgan fingerprint density at radius 2 is 2.00 bits per heavy atom. The number of hydrogen-bond donors (Lipinski definition) is 1. The first-order valence-electron chi connectivity index (χ1n) is 6.55. The van der Waals surface area contributed by atoms with E-state index < -0.39 is 0 Å². The van der Waals surface area contributed by atoms with Crippen LogP contribution < -0.4 is 5.32 Å². The van der Waals surface area contributed by atoms with Gasteiger partial charge in [-0.3, -0.25) is 0 Å². The van der Waals surface area contributed by atoms with Crippen LogP contribution in [0.15, 0.2) is 0 Å². The van der Waals surface area contributed by atoms with Gasteiger partial charge < -0.3 is 10.1 Å². The summed E-state index contributed by atoms with van der Waals surface area (Å²) in [4.78, 5) is 0. The Balaban J connectivity index is 2.05. The zero-order valence-corrected chi connectivity index (χ0v) is 10.6. The van der Waals surface area contributed by atoms with Gasteiger partial charge in [-0.05, 0) is 44.1 Å². The van der Waals surface area contributed by atoms with Crippen molar-refractivity contribution in [1.82, 2.24) is 5.32 Å². The van der Waals surface area contributed by atoms with Crippen molar-refractivity contribution in [1.29, 1.82) is 0 Å². The Kier molecular flexibility index (Phi) is 6.26. The lowest BCUT2D eigenvalue weighted by molar-refractivity contribution is 0.113. The van der Waals surface area contributed by atoms with E-state index in [9.17, 15) is 0 Å². The highest BCUT2D eigenvalue weighted by Gasteiger charge is 2.22. The van der Waals surface area contributed by atoms with Gasteiger partial charge in [-0.1, -0.05) is 20.8 Å². The van der Waals surface area contributed by atoms with E-state index in [0.717, 1.165) is 37.5 Å². The molecule has 0 amide bonds. The zero-order chi connectivity index (χ0) is 11.1. The summed E-state index contributed by atoms with van der Waals surface area (Å²) in [6.07, 6.45) is 5.11. The minimum Gasteiger partial charge on any atom is -0.381 e. The zero-order valence-electron chi connectivity index (χ0n) is 10.6. The molecule has 0 aliphatic heterocycles. The second-order valence-electron chi connectivity index (χ2n) is 5.09. The Morgan fingerprint density at radius 3 is 2.53 bits per heavy atom. The molecule has 0 radical (unpaired) electrons. The maximum absolute atomic E-state index is 5.56. The number of rotatable bonds is 9. The van der Waals surface area contributed by atoms with E-state index in [-0.39, 0.29) is 0 Å². The molecule has 1 N–H and O–H groups in total. The van der Waals surface area contributed by atoms with Gasteiger partial charge in [0.05, 0.1) is 0 Å². The normalized spacial score (nSPS) is 18.4. The molecule has 15 heavy (non-hydrogen) atoms. The van der Waals surface area contributed by atoms with Crippen LogP contribution in [0.3, 0.4) is 0 Å². The van der Waals surface area contributed by atoms with Crippen molar-refractivity contribution >= 4 is 0 Å². The van der Waals surface area contributed by atoms with Crippen molar-refractivity contribution in [3.05, 3.63) is 0 Å².